The third kappa shape index (κ3) is 3.06. The number of nitrogens with one attached hydrogen (secondary N) is 2. The van der Waals surface area contributed by atoms with Crippen LogP contribution in [-0.2, 0) is 0 Å². The van der Waals surface area contributed by atoms with Crippen molar-refractivity contribution in [2.75, 3.05) is 0 Å². The summed E-state index contributed by atoms with van der Waals surface area (Å²) in [6.07, 6.45) is 5.47. The van der Waals surface area contributed by atoms with E-state index in [-0.39, 0.29) is 18.0 Å². The van der Waals surface area contributed by atoms with Crippen molar-refractivity contribution >= 4 is 5.91 Å². The molecule has 17 heavy (non-hydrogen) atoms. The summed E-state index contributed by atoms with van der Waals surface area (Å²) in [5.74, 6) is -0.128. The predicted molar refractivity (Wildman–Crippen MR) is 65.6 cm³/mol. The summed E-state index contributed by atoms with van der Waals surface area (Å²) in [6.45, 7) is 1.88. The molecule has 0 spiro atoms. The van der Waals surface area contributed by atoms with E-state index in [4.69, 9.17) is 5.73 Å². The highest BCUT2D eigenvalue weighted by atomic mass is 16.2. The number of hydrogen-bond donors (Lipinski definition) is 3. The lowest BCUT2D eigenvalue weighted by Crippen LogP contribution is -2.47. The standard InChI is InChI=1S/C12H20N4O/c1-8-7-11(16-15-8)12(17)14-10-6-4-2-3-5-9(10)13/h7,9-10H,2-6,13H2,1H3,(H,14,17)(H,15,16). The third-order valence-corrected chi connectivity index (χ3v) is 3.32. The average Bonchev–Trinajstić information content (AvgIpc) is 2.63. The van der Waals surface area contributed by atoms with Crippen LogP contribution in [0.3, 0.4) is 0 Å². The first-order valence-electron chi connectivity index (χ1n) is 6.25. The van der Waals surface area contributed by atoms with Crippen molar-refractivity contribution in [2.45, 2.75) is 51.1 Å². The van der Waals surface area contributed by atoms with Gasteiger partial charge in [-0.25, -0.2) is 0 Å². The molecule has 1 aromatic rings. The zero-order valence-electron chi connectivity index (χ0n) is 10.2. The second-order valence-corrected chi connectivity index (χ2v) is 4.82. The molecule has 2 rings (SSSR count). The van der Waals surface area contributed by atoms with Gasteiger partial charge in [-0.2, -0.15) is 5.10 Å². The van der Waals surface area contributed by atoms with E-state index in [0.717, 1.165) is 31.4 Å². The minimum absolute atomic E-state index is 0.0708. The van der Waals surface area contributed by atoms with Crippen molar-refractivity contribution in [2.24, 2.45) is 5.73 Å². The monoisotopic (exact) mass is 236 g/mol. The number of nitrogens with zero attached hydrogens (tertiary/aromatic N) is 1. The van der Waals surface area contributed by atoms with Gasteiger partial charge in [0, 0.05) is 17.8 Å². The highest BCUT2D eigenvalue weighted by Gasteiger charge is 2.23. The van der Waals surface area contributed by atoms with Crippen molar-refractivity contribution in [1.29, 1.82) is 0 Å². The fourth-order valence-corrected chi connectivity index (χ4v) is 2.29. The van der Waals surface area contributed by atoms with E-state index in [1.54, 1.807) is 6.07 Å². The number of aromatic nitrogens is 2. The Morgan fingerprint density at radius 2 is 2.24 bits per heavy atom. The Hall–Kier alpha value is -1.36. The van der Waals surface area contributed by atoms with Crippen molar-refractivity contribution in [3.63, 3.8) is 0 Å². The number of hydrogen-bond acceptors (Lipinski definition) is 3. The quantitative estimate of drug-likeness (QED) is 0.672. The second kappa shape index (κ2) is 5.31. The summed E-state index contributed by atoms with van der Waals surface area (Å²) in [6, 6.07) is 1.90. The predicted octanol–water partition coefficient (Wildman–Crippen LogP) is 1.11. The summed E-state index contributed by atoms with van der Waals surface area (Å²) in [4.78, 5) is 11.9. The Morgan fingerprint density at radius 1 is 1.47 bits per heavy atom. The van der Waals surface area contributed by atoms with Gasteiger partial charge in [0.05, 0.1) is 0 Å². The zero-order valence-corrected chi connectivity index (χ0v) is 10.2. The topological polar surface area (TPSA) is 83.8 Å². The fourth-order valence-electron chi connectivity index (χ4n) is 2.29. The number of carbonyl (C=O) groups is 1. The molecule has 1 aromatic heterocycles. The van der Waals surface area contributed by atoms with Crippen LogP contribution in [0.5, 0.6) is 0 Å². The second-order valence-electron chi connectivity index (χ2n) is 4.82. The van der Waals surface area contributed by atoms with E-state index < -0.39 is 0 Å². The Bertz CT molecular complexity index is 388. The van der Waals surface area contributed by atoms with Crippen LogP contribution in [0.15, 0.2) is 6.07 Å². The minimum atomic E-state index is -0.128. The molecule has 0 aromatic carbocycles. The molecule has 5 heteroatoms. The summed E-state index contributed by atoms with van der Waals surface area (Å²) in [5, 5.41) is 9.71. The summed E-state index contributed by atoms with van der Waals surface area (Å²) in [7, 11) is 0. The number of H-pyrrole nitrogens is 1. The lowest BCUT2D eigenvalue weighted by molar-refractivity contribution is 0.0923. The van der Waals surface area contributed by atoms with Gasteiger partial charge in [0.25, 0.3) is 5.91 Å². The molecule has 4 N–H and O–H groups in total. The molecule has 1 aliphatic carbocycles. The maximum absolute atomic E-state index is 11.9. The van der Waals surface area contributed by atoms with Crippen molar-refractivity contribution in [3.05, 3.63) is 17.5 Å². The largest absolute Gasteiger partial charge is 0.346 e. The van der Waals surface area contributed by atoms with Gasteiger partial charge in [-0.15, -0.1) is 0 Å². The van der Waals surface area contributed by atoms with Gasteiger partial charge in [-0.3, -0.25) is 9.89 Å². The van der Waals surface area contributed by atoms with Crippen LogP contribution in [0.25, 0.3) is 0 Å². The molecule has 1 heterocycles. The Morgan fingerprint density at radius 3 is 2.94 bits per heavy atom. The van der Waals surface area contributed by atoms with Crippen LogP contribution in [0.2, 0.25) is 0 Å². The molecule has 0 bridgehead atoms. The van der Waals surface area contributed by atoms with Gasteiger partial charge >= 0.3 is 0 Å². The summed E-state index contributed by atoms with van der Waals surface area (Å²) in [5.41, 5.74) is 7.40. The maximum Gasteiger partial charge on any atom is 0.272 e. The molecular formula is C12H20N4O. The highest BCUT2D eigenvalue weighted by molar-refractivity contribution is 5.92. The van der Waals surface area contributed by atoms with Gasteiger partial charge in [-0.1, -0.05) is 19.3 Å². The van der Waals surface area contributed by atoms with Crippen molar-refractivity contribution in [1.82, 2.24) is 15.5 Å². The average molecular weight is 236 g/mol. The molecule has 0 saturated heterocycles. The molecule has 1 saturated carbocycles. The summed E-state index contributed by atoms with van der Waals surface area (Å²) >= 11 is 0. The molecule has 1 fully saturated rings. The van der Waals surface area contributed by atoms with Crippen LogP contribution < -0.4 is 11.1 Å². The SMILES string of the molecule is Cc1cc(C(=O)NC2CCCCCC2N)n[nH]1. The van der Waals surface area contributed by atoms with Gasteiger partial charge in [0.2, 0.25) is 0 Å². The number of aromatic amines is 1. The van der Waals surface area contributed by atoms with E-state index in [1.165, 1.54) is 6.42 Å². The van der Waals surface area contributed by atoms with Gasteiger partial charge < -0.3 is 11.1 Å². The molecular weight excluding hydrogens is 216 g/mol. The zero-order chi connectivity index (χ0) is 12.3. The number of rotatable bonds is 2. The Balaban J connectivity index is 1.97. The van der Waals surface area contributed by atoms with Crippen LogP contribution in [0.1, 0.15) is 48.3 Å². The number of nitrogens with two attached hydrogens (primary N) is 1. The molecule has 2 atom stereocenters. The van der Waals surface area contributed by atoms with E-state index >= 15 is 0 Å². The highest BCUT2D eigenvalue weighted by Crippen LogP contribution is 2.17. The van der Waals surface area contributed by atoms with Gasteiger partial charge in [0.15, 0.2) is 0 Å². The van der Waals surface area contributed by atoms with E-state index in [0.29, 0.717) is 5.69 Å². The van der Waals surface area contributed by atoms with E-state index in [9.17, 15) is 4.79 Å². The minimum Gasteiger partial charge on any atom is -0.346 e. The number of carbonyl (C=O) groups excluding carboxylic acids is 1. The molecule has 1 amide bonds. The molecule has 5 nitrogen and oxygen atoms in total. The van der Waals surface area contributed by atoms with E-state index in [2.05, 4.69) is 15.5 Å². The Kier molecular flexibility index (Phi) is 3.78. The smallest absolute Gasteiger partial charge is 0.272 e. The molecule has 0 aliphatic heterocycles. The lowest BCUT2D eigenvalue weighted by atomic mass is 10.0. The molecule has 0 radical (unpaired) electrons. The lowest BCUT2D eigenvalue weighted by Gasteiger charge is -2.22. The van der Waals surface area contributed by atoms with E-state index in [1.807, 2.05) is 6.92 Å². The third-order valence-electron chi connectivity index (χ3n) is 3.32. The fraction of sp³-hybridized carbons (Fsp3) is 0.667. The molecule has 94 valence electrons. The van der Waals surface area contributed by atoms with Crippen LogP contribution in [-0.4, -0.2) is 28.2 Å². The normalized spacial score (nSPS) is 25.3. The first-order valence-corrected chi connectivity index (χ1v) is 6.25. The van der Waals surface area contributed by atoms with Crippen LogP contribution in [0.4, 0.5) is 0 Å². The number of aryl methyl sites for hydroxylation is 1. The van der Waals surface area contributed by atoms with Crippen molar-refractivity contribution < 1.29 is 4.79 Å². The molecule has 1 aliphatic rings. The van der Waals surface area contributed by atoms with Gasteiger partial charge in [0.1, 0.15) is 5.69 Å². The maximum atomic E-state index is 11.9. The first-order chi connectivity index (χ1) is 8.16. The number of amides is 1. The summed E-state index contributed by atoms with van der Waals surface area (Å²) < 4.78 is 0. The Labute approximate surface area is 101 Å². The van der Waals surface area contributed by atoms with Gasteiger partial charge in [-0.05, 0) is 25.8 Å². The molecule has 2 unspecified atom stereocenters. The first kappa shape index (κ1) is 12.1. The van der Waals surface area contributed by atoms with Crippen LogP contribution in [0, 0.1) is 6.92 Å². The van der Waals surface area contributed by atoms with Crippen LogP contribution >= 0.6 is 0 Å². The van der Waals surface area contributed by atoms with Crippen molar-refractivity contribution in [3.8, 4) is 0 Å².